The summed E-state index contributed by atoms with van der Waals surface area (Å²) >= 11 is 0. The Morgan fingerprint density at radius 3 is 1.94 bits per heavy atom. The van der Waals surface area contributed by atoms with Crippen molar-refractivity contribution >= 4 is 19.7 Å². The molecule has 4 rings (SSSR count). The van der Waals surface area contributed by atoms with Crippen LogP contribution < -0.4 is 5.32 Å². The highest BCUT2D eigenvalue weighted by Gasteiger charge is 2.29. The van der Waals surface area contributed by atoms with Crippen molar-refractivity contribution in [2.45, 2.75) is 24.5 Å². The van der Waals surface area contributed by atoms with Crippen LogP contribution in [0.1, 0.15) is 28.2 Å². The maximum absolute atomic E-state index is 12.5. The Morgan fingerprint density at radius 1 is 0.882 bits per heavy atom. The highest BCUT2D eigenvalue weighted by molar-refractivity contribution is 7.50. The number of alkyl carbamates (subject to hydrolysis) is 1. The average Bonchev–Trinajstić information content (AvgIpc) is 3.11. The second-order valence-electron chi connectivity index (χ2n) is 8.20. The Balaban J connectivity index is 1.39. The van der Waals surface area contributed by atoms with E-state index >= 15 is 0 Å². The van der Waals surface area contributed by atoms with Crippen LogP contribution in [0, 0.1) is 0 Å². The van der Waals surface area contributed by atoms with Crippen molar-refractivity contribution in [3.05, 3.63) is 95.1 Å². The van der Waals surface area contributed by atoms with E-state index in [1.165, 1.54) is 12.1 Å². The Kier molecular flexibility index (Phi) is 6.84. The van der Waals surface area contributed by atoms with Gasteiger partial charge in [0.05, 0.1) is 6.16 Å². The number of carbonyl (C=O) groups is 2. The van der Waals surface area contributed by atoms with Crippen LogP contribution in [0.3, 0.4) is 0 Å². The molecular weight excluding hydrogens is 457 g/mol. The van der Waals surface area contributed by atoms with E-state index in [-0.39, 0.29) is 18.9 Å². The molecule has 0 aromatic heterocycles. The molecule has 34 heavy (non-hydrogen) atoms. The van der Waals surface area contributed by atoms with E-state index in [0.717, 1.165) is 22.3 Å². The number of nitrogens with one attached hydrogen (secondary N) is 1. The molecule has 0 saturated heterocycles. The molecule has 8 nitrogen and oxygen atoms in total. The van der Waals surface area contributed by atoms with Crippen molar-refractivity contribution in [2.24, 2.45) is 0 Å². The van der Waals surface area contributed by atoms with Crippen LogP contribution in [-0.2, 0) is 26.7 Å². The van der Waals surface area contributed by atoms with Crippen LogP contribution in [0.4, 0.5) is 4.79 Å². The van der Waals surface area contributed by atoms with Crippen molar-refractivity contribution < 1.29 is 33.8 Å². The van der Waals surface area contributed by atoms with Gasteiger partial charge < -0.3 is 24.9 Å². The van der Waals surface area contributed by atoms with Gasteiger partial charge in [0.15, 0.2) is 0 Å². The molecular formula is C25H24NO7P. The molecule has 0 fully saturated rings. The number of ether oxygens (including phenoxy) is 1. The number of carboxylic acid groups (broad SMARTS) is 1. The molecule has 0 saturated carbocycles. The van der Waals surface area contributed by atoms with E-state index in [4.69, 9.17) is 14.5 Å². The summed E-state index contributed by atoms with van der Waals surface area (Å²) in [5, 5.41) is 12.0. The van der Waals surface area contributed by atoms with Gasteiger partial charge in [-0.3, -0.25) is 4.57 Å². The van der Waals surface area contributed by atoms with Gasteiger partial charge in [0.2, 0.25) is 0 Å². The van der Waals surface area contributed by atoms with Crippen molar-refractivity contribution in [3.8, 4) is 11.1 Å². The van der Waals surface area contributed by atoms with Crippen LogP contribution in [0.2, 0.25) is 0 Å². The smallest absolute Gasteiger partial charge is 0.407 e. The van der Waals surface area contributed by atoms with Gasteiger partial charge in [-0.1, -0.05) is 72.8 Å². The summed E-state index contributed by atoms with van der Waals surface area (Å²) in [5.74, 6) is -1.35. The Morgan fingerprint density at radius 2 is 1.41 bits per heavy atom. The zero-order valence-corrected chi connectivity index (χ0v) is 19.0. The average molecular weight is 481 g/mol. The topological polar surface area (TPSA) is 133 Å². The normalized spacial score (nSPS) is 13.6. The van der Waals surface area contributed by atoms with Crippen molar-refractivity contribution in [1.82, 2.24) is 5.32 Å². The number of fused-ring (bicyclic) bond motifs is 3. The van der Waals surface area contributed by atoms with Gasteiger partial charge >= 0.3 is 19.7 Å². The van der Waals surface area contributed by atoms with Crippen molar-refractivity contribution in [3.63, 3.8) is 0 Å². The lowest BCUT2D eigenvalue weighted by Gasteiger charge is -2.17. The summed E-state index contributed by atoms with van der Waals surface area (Å²) in [6, 6.07) is 20.8. The van der Waals surface area contributed by atoms with Gasteiger partial charge in [-0.15, -0.1) is 0 Å². The molecule has 3 aromatic carbocycles. The molecule has 0 aliphatic heterocycles. The number of carboxylic acids is 1. The van der Waals surface area contributed by atoms with E-state index in [9.17, 15) is 19.3 Å². The fraction of sp³-hybridized carbons (Fsp3) is 0.200. The lowest BCUT2D eigenvalue weighted by Crippen LogP contribution is -2.42. The highest BCUT2D eigenvalue weighted by Crippen LogP contribution is 2.44. The number of benzene rings is 3. The minimum atomic E-state index is -4.19. The molecule has 0 radical (unpaired) electrons. The van der Waals surface area contributed by atoms with E-state index in [1.807, 2.05) is 48.5 Å². The van der Waals surface area contributed by atoms with Crippen molar-refractivity contribution in [1.29, 1.82) is 0 Å². The number of aliphatic carboxylic acids is 1. The third-order valence-electron chi connectivity index (χ3n) is 5.79. The third-order valence-corrected chi connectivity index (χ3v) is 6.56. The molecule has 0 heterocycles. The van der Waals surface area contributed by atoms with Crippen LogP contribution in [0.15, 0.2) is 72.8 Å². The first kappa shape index (κ1) is 23.7. The highest BCUT2D eigenvalue weighted by atomic mass is 31.2. The lowest BCUT2D eigenvalue weighted by atomic mass is 9.98. The Bertz CT molecular complexity index is 1210. The molecule has 1 aliphatic rings. The summed E-state index contributed by atoms with van der Waals surface area (Å²) in [6.45, 7) is 0.0727. The first-order valence-electron chi connectivity index (χ1n) is 10.7. The molecule has 3 aromatic rings. The standard InChI is InChI=1S/C25H24NO7P/c27-24(28)23(13-16-9-11-17(12-10-16)15-34(30,31)32)26-25(29)33-14-22-20-7-3-1-5-18(20)19-6-2-4-8-21(19)22/h1-12,22-23H,13-15H2,(H,26,29)(H,27,28)(H2,30,31,32)/t23-/m0/s1. The largest absolute Gasteiger partial charge is 0.480 e. The monoisotopic (exact) mass is 481 g/mol. The Labute approximate surface area is 196 Å². The summed E-state index contributed by atoms with van der Waals surface area (Å²) in [6.07, 6.45) is -1.23. The zero-order chi connectivity index (χ0) is 24.3. The maximum atomic E-state index is 12.5. The molecule has 4 N–H and O–H groups in total. The first-order valence-corrected chi connectivity index (χ1v) is 12.5. The quantitative estimate of drug-likeness (QED) is 0.359. The molecule has 0 spiro atoms. The van der Waals surface area contributed by atoms with Gasteiger partial charge in [-0.05, 0) is 33.4 Å². The molecule has 1 aliphatic carbocycles. The van der Waals surface area contributed by atoms with Crippen LogP contribution in [0.25, 0.3) is 11.1 Å². The summed E-state index contributed by atoms with van der Waals surface area (Å²) in [4.78, 5) is 42.3. The van der Waals surface area contributed by atoms with Gasteiger partial charge in [0.1, 0.15) is 12.6 Å². The fourth-order valence-electron chi connectivity index (χ4n) is 4.24. The lowest BCUT2D eigenvalue weighted by molar-refractivity contribution is -0.139. The number of carbonyl (C=O) groups excluding carboxylic acids is 1. The Hall–Kier alpha value is -3.45. The number of amides is 1. The van der Waals surface area contributed by atoms with E-state index < -0.39 is 31.9 Å². The van der Waals surface area contributed by atoms with Crippen LogP contribution >= 0.6 is 7.60 Å². The number of hydrogen-bond donors (Lipinski definition) is 4. The minimum Gasteiger partial charge on any atom is -0.480 e. The minimum absolute atomic E-state index is 0.00425. The molecule has 1 amide bonds. The predicted octanol–water partition coefficient (Wildman–Crippen LogP) is 3.90. The van der Waals surface area contributed by atoms with E-state index in [1.54, 1.807) is 12.1 Å². The summed E-state index contributed by atoms with van der Waals surface area (Å²) in [5.41, 5.74) is 5.34. The van der Waals surface area contributed by atoms with Crippen LogP contribution in [-0.4, -0.2) is 39.6 Å². The summed E-state index contributed by atoms with van der Waals surface area (Å²) < 4.78 is 16.6. The van der Waals surface area contributed by atoms with E-state index in [0.29, 0.717) is 11.1 Å². The predicted molar refractivity (Wildman–Crippen MR) is 126 cm³/mol. The number of hydrogen-bond acceptors (Lipinski definition) is 4. The molecule has 1 atom stereocenters. The summed E-state index contributed by atoms with van der Waals surface area (Å²) in [7, 11) is -4.19. The van der Waals surface area contributed by atoms with Gasteiger partial charge in [0.25, 0.3) is 0 Å². The zero-order valence-electron chi connectivity index (χ0n) is 18.1. The second kappa shape index (κ2) is 9.81. The first-order chi connectivity index (χ1) is 16.2. The maximum Gasteiger partial charge on any atom is 0.407 e. The second-order valence-corrected chi connectivity index (χ2v) is 9.85. The van der Waals surface area contributed by atoms with E-state index in [2.05, 4.69) is 5.32 Å². The van der Waals surface area contributed by atoms with Gasteiger partial charge in [0, 0.05) is 12.3 Å². The molecule has 176 valence electrons. The molecule has 0 unspecified atom stereocenters. The third kappa shape index (κ3) is 5.54. The fourth-order valence-corrected chi connectivity index (χ4v) is 4.92. The van der Waals surface area contributed by atoms with Gasteiger partial charge in [-0.2, -0.15) is 0 Å². The van der Waals surface area contributed by atoms with Gasteiger partial charge in [-0.25, -0.2) is 9.59 Å². The molecule has 9 heteroatoms. The molecule has 0 bridgehead atoms. The SMILES string of the molecule is O=C(N[C@@H](Cc1ccc(CP(=O)(O)O)cc1)C(=O)O)OCC1c2ccccc2-c2ccccc21. The van der Waals surface area contributed by atoms with Crippen LogP contribution in [0.5, 0.6) is 0 Å². The van der Waals surface area contributed by atoms with Crippen molar-refractivity contribution in [2.75, 3.05) is 6.61 Å². The number of rotatable bonds is 8.